The fourth-order valence-electron chi connectivity index (χ4n) is 1.94. The molecule has 0 spiro atoms. The maximum absolute atomic E-state index is 5.94. The second kappa shape index (κ2) is 4.44. The molecule has 0 bridgehead atoms. The molecule has 3 aromatic rings. The molecule has 5 nitrogen and oxygen atoms in total. The third kappa shape index (κ3) is 1.98. The number of aromatic nitrogens is 3. The minimum Gasteiger partial charge on any atom is -0.497 e. The van der Waals surface area contributed by atoms with E-state index < -0.39 is 0 Å². The Morgan fingerprint density at radius 1 is 1.26 bits per heavy atom. The van der Waals surface area contributed by atoms with Crippen molar-refractivity contribution in [3.05, 3.63) is 41.6 Å². The summed E-state index contributed by atoms with van der Waals surface area (Å²) in [7, 11) is 1.62. The summed E-state index contributed by atoms with van der Waals surface area (Å²) in [6.07, 6.45) is 1.57. The summed E-state index contributed by atoms with van der Waals surface area (Å²) in [5, 5.41) is 0.534. The van der Waals surface area contributed by atoms with Crippen molar-refractivity contribution >= 4 is 28.7 Å². The molecule has 2 aromatic heterocycles. The average molecular weight is 275 g/mol. The highest BCUT2D eigenvalue weighted by atomic mass is 35.5. The van der Waals surface area contributed by atoms with Gasteiger partial charge in [-0.25, -0.2) is 9.97 Å². The van der Waals surface area contributed by atoms with Crippen LogP contribution in [0.25, 0.3) is 16.9 Å². The Balaban J connectivity index is 2.20. The lowest BCUT2D eigenvalue weighted by Gasteiger charge is -2.06. The lowest BCUT2D eigenvalue weighted by molar-refractivity contribution is 0.415. The number of nitrogens with zero attached hydrogens (tertiary/aromatic N) is 3. The molecule has 0 atom stereocenters. The molecule has 0 saturated carbocycles. The highest BCUT2D eigenvalue weighted by Crippen LogP contribution is 2.24. The molecule has 1 aromatic carbocycles. The van der Waals surface area contributed by atoms with Gasteiger partial charge in [0.25, 0.3) is 0 Å². The van der Waals surface area contributed by atoms with Crippen LogP contribution in [0.5, 0.6) is 5.75 Å². The zero-order valence-corrected chi connectivity index (χ0v) is 10.9. The maximum atomic E-state index is 5.94. The Labute approximate surface area is 114 Å². The Kier molecular flexibility index (Phi) is 2.76. The zero-order chi connectivity index (χ0) is 13.4. The van der Waals surface area contributed by atoms with Crippen molar-refractivity contribution < 1.29 is 4.74 Å². The van der Waals surface area contributed by atoms with Crippen LogP contribution in [0.3, 0.4) is 0 Å². The SMILES string of the molecule is COc1ccc(-n2c(N)nc3cc(Cl)cnc32)cc1. The van der Waals surface area contributed by atoms with Crippen LogP contribution >= 0.6 is 11.6 Å². The molecular formula is C13H11ClN4O. The van der Waals surface area contributed by atoms with Gasteiger partial charge in [0, 0.05) is 6.20 Å². The Morgan fingerprint density at radius 2 is 2.00 bits per heavy atom. The standard InChI is InChI=1S/C13H11ClN4O/c1-19-10-4-2-9(3-5-10)18-12-11(17-13(18)15)6-8(14)7-16-12/h2-7H,1H3,(H2,15,17). The van der Waals surface area contributed by atoms with Gasteiger partial charge in [-0.3, -0.25) is 4.57 Å². The van der Waals surface area contributed by atoms with Crippen LogP contribution in [0.15, 0.2) is 36.5 Å². The summed E-state index contributed by atoms with van der Waals surface area (Å²) in [5.41, 5.74) is 8.16. The first-order chi connectivity index (χ1) is 9.19. The van der Waals surface area contributed by atoms with Crippen LogP contribution in [-0.4, -0.2) is 21.6 Å². The smallest absolute Gasteiger partial charge is 0.207 e. The summed E-state index contributed by atoms with van der Waals surface area (Å²) in [6.45, 7) is 0. The highest BCUT2D eigenvalue weighted by Gasteiger charge is 2.11. The Hall–Kier alpha value is -2.27. The van der Waals surface area contributed by atoms with Gasteiger partial charge in [-0.1, -0.05) is 11.6 Å². The van der Waals surface area contributed by atoms with Crippen molar-refractivity contribution in [1.82, 2.24) is 14.5 Å². The molecule has 19 heavy (non-hydrogen) atoms. The maximum Gasteiger partial charge on any atom is 0.207 e. The molecule has 96 valence electrons. The monoisotopic (exact) mass is 274 g/mol. The predicted octanol–water partition coefficient (Wildman–Crippen LogP) is 2.66. The summed E-state index contributed by atoms with van der Waals surface area (Å²) < 4.78 is 6.90. The van der Waals surface area contributed by atoms with E-state index in [-0.39, 0.29) is 0 Å². The van der Waals surface area contributed by atoms with Gasteiger partial charge in [0.2, 0.25) is 5.95 Å². The first-order valence-electron chi connectivity index (χ1n) is 5.63. The minimum atomic E-state index is 0.370. The van der Waals surface area contributed by atoms with Crippen LogP contribution < -0.4 is 10.5 Å². The van der Waals surface area contributed by atoms with Crippen LogP contribution in [0.2, 0.25) is 5.02 Å². The number of pyridine rings is 1. The molecule has 3 rings (SSSR count). The number of halogens is 1. The Morgan fingerprint density at radius 3 is 2.68 bits per heavy atom. The second-order valence-electron chi connectivity index (χ2n) is 4.00. The fraction of sp³-hybridized carbons (Fsp3) is 0.0769. The quantitative estimate of drug-likeness (QED) is 0.780. The summed E-state index contributed by atoms with van der Waals surface area (Å²) in [6, 6.07) is 9.24. The lowest BCUT2D eigenvalue weighted by atomic mass is 10.3. The fourth-order valence-corrected chi connectivity index (χ4v) is 2.10. The normalized spacial score (nSPS) is 10.8. The Bertz CT molecular complexity index is 736. The third-order valence-electron chi connectivity index (χ3n) is 2.82. The molecule has 2 N–H and O–H groups in total. The highest BCUT2D eigenvalue weighted by molar-refractivity contribution is 6.31. The molecule has 0 unspecified atom stereocenters. The topological polar surface area (TPSA) is 66.0 Å². The van der Waals surface area contributed by atoms with Gasteiger partial charge >= 0.3 is 0 Å². The summed E-state index contributed by atoms with van der Waals surface area (Å²) in [4.78, 5) is 8.53. The number of hydrogen-bond acceptors (Lipinski definition) is 4. The number of rotatable bonds is 2. The van der Waals surface area contributed by atoms with Crippen LogP contribution in [0.4, 0.5) is 5.95 Å². The van der Waals surface area contributed by atoms with Crippen LogP contribution in [0, 0.1) is 0 Å². The summed E-state index contributed by atoms with van der Waals surface area (Å²) in [5.74, 6) is 1.15. The van der Waals surface area contributed by atoms with Crippen LogP contribution in [-0.2, 0) is 0 Å². The number of ether oxygens (including phenoxy) is 1. The van der Waals surface area contributed by atoms with Crippen molar-refractivity contribution in [1.29, 1.82) is 0 Å². The van der Waals surface area contributed by atoms with Crippen molar-refractivity contribution in [2.75, 3.05) is 12.8 Å². The van der Waals surface area contributed by atoms with Gasteiger partial charge in [0.05, 0.1) is 17.8 Å². The molecule has 0 aliphatic heterocycles. The molecule has 0 radical (unpaired) electrons. The van der Waals surface area contributed by atoms with E-state index in [9.17, 15) is 0 Å². The van der Waals surface area contributed by atoms with Crippen molar-refractivity contribution in [3.8, 4) is 11.4 Å². The molecule has 2 heterocycles. The number of methoxy groups -OCH3 is 1. The van der Waals surface area contributed by atoms with Gasteiger partial charge in [-0.2, -0.15) is 0 Å². The van der Waals surface area contributed by atoms with Gasteiger partial charge in [0.1, 0.15) is 11.3 Å². The number of nitrogen functional groups attached to an aromatic ring is 1. The molecule has 0 aliphatic rings. The minimum absolute atomic E-state index is 0.370. The molecule has 0 aliphatic carbocycles. The van der Waals surface area contributed by atoms with E-state index in [0.717, 1.165) is 11.4 Å². The van der Waals surface area contributed by atoms with Crippen molar-refractivity contribution in [2.24, 2.45) is 0 Å². The molecule has 6 heteroatoms. The third-order valence-corrected chi connectivity index (χ3v) is 3.03. The van der Waals surface area contributed by atoms with Gasteiger partial charge in [0.15, 0.2) is 5.65 Å². The van der Waals surface area contributed by atoms with Crippen molar-refractivity contribution in [3.63, 3.8) is 0 Å². The average Bonchev–Trinajstić information content (AvgIpc) is 2.74. The van der Waals surface area contributed by atoms with E-state index in [1.54, 1.807) is 23.9 Å². The molecule has 0 saturated heterocycles. The number of anilines is 1. The van der Waals surface area contributed by atoms with E-state index in [1.807, 2.05) is 24.3 Å². The largest absolute Gasteiger partial charge is 0.497 e. The van der Waals surface area contributed by atoms with E-state index >= 15 is 0 Å². The number of hydrogen-bond donors (Lipinski definition) is 1. The molecular weight excluding hydrogens is 264 g/mol. The van der Waals surface area contributed by atoms with E-state index in [0.29, 0.717) is 22.1 Å². The van der Waals surface area contributed by atoms with Gasteiger partial charge < -0.3 is 10.5 Å². The lowest BCUT2D eigenvalue weighted by Crippen LogP contribution is -2.01. The second-order valence-corrected chi connectivity index (χ2v) is 4.44. The number of fused-ring (bicyclic) bond motifs is 1. The van der Waals surface area contributed by atoms with Gasteiger partial charge in [-0.15, -0.1) is 0 Å². The van der Waals surface area contributed by atoms with Crippen molar-refractivity contribution in [2.45, 2.75) is 0 Å². The molecule has 0 amide bonds. The number of nitrogens with two attached hydrogens (primary N) is 1. The predicted molar refractivity (Wildman–Crippen MR) is 74.8 cm³/mol. The van der Waals surface area contributed by atoms with Gasteiger partial charge in [-0.05, 0) is 30.3 Å². The van der Waals surface area contributed by atoms with E-state index in [4.69, 9.17) is 22.1 Å². The van der Waals surface area contributed by atoms with E-state index in [2.05, 4.69) is 9.97 Å². The van der Waals surface area contributed by atoms with Crippen LogP contribution in [0.1, 0.15) is 0 Å². The number of imidazole rings is 1. The first kappa shape index (κ1) is 11.8. The summed E-state index contributed by atoms with van der Waals surface area (Å²) >= 11 is 5.90. The first-order valence-corrected chi connectivity index (χ1v) is 6.01. The number of benzene rings is 1. The van der Waals surface area contributed by atoms with E-state index in [1.165, 1.54) is 0 Å². The zero-order valence-electron chi connectivity index (χ0n) is 10.2. The molecule has 0 fully saturated rings.